The predicted molar refractivity (Wildman–Crippen MR) is 86.9 cm³/mol. The van der Waals surface area contributed by atoms with Gasteiger partial charge in [0.05, 0.1) is 11.1 Å². The zero-order chi connectivity index (χ0) is 19.9. The normalized spacial score (nSPS) is 18.7. The number of benzene rings is 2. The van der Waals surface area contributed by atoms with Crippen molar-refractivity contribution in [3.63, 3.8) is 0 Å². The fraction of sp³-hybridized carbons (Fsp3) is 0.368. The first kappa shape index (κ1) is 19.7. The summed E-state index contributed by atoms with van der Waals surface area (Å²) in [6.07, 6.45) is -7.75. The molecule has 1 unspecified atom stereocenters. The van der Waals surface area contributed by atoms with Gasteiger partial charge in [0, 0.05) is 6.04 Å². The van der Waals surface area contributed by atoms with Crippen LogP contribution in [0.5, 0.6) is 0 Å². The third-order valence-corrected chi connectivity index (χ3v) is 4.87. The maximum atomic E-state index is 12.8. The van der Waals surface area contributed by atoms with Gasteiger partial charge in [-0.05, 0) is 54.8 Å². The molecule has 1 aliphatic rings. The summed E-state index contributed by atoms with van der Waals surface area (Å²) in [5.41, 5.74) is -3.09. The molecule has 2 aromatic carbocycles. The van der Waals surface area contributed by atoms with E-state index in [4.69, 9.17) is 0 Å². The molecule has 8 heteroatoms. The second kappa shape index (κ2) is 6.83. The van der Waals surface area contributed by atoms with Crippen molar-refractivity contribution in [1.29, 1.82) is 0 Å². The molecule has 1 atom stereocenters. The maximum absolute atomic E-state index is 12.8. The minimum atomic E-state index is -4.52. The van der Waals surface area contributed by atoms with E-state index in [1.165, 1.54) is 24.3 Å². The summed E-state index contributed by atoms with van der Waals surface area (Å²) in [7, 11) is 0. The monoisotopic (exact) mass is 389 g/mol. The van der Waals surface area contributed by atoms with Crippen LogP contribution in [0.1, 0.15) is 35.1 Å². The fourth-order valence-electron chi connectivity index (χ4n) is 3.44. The van der Waals surface area contributed by atoms with Crippen LogP contribution in [0.3, 0.4) is 0 Å². The molecule has 0 radical (unpaired) electrons. The summed E-state index contributed by atoms with van der Waals surface area (Å²) in [5.74, 6) is 0. The summed E-state index contributed by atoms with van der Waals surface area (Å²) >= 11 is 0. The molecular weight excluding hydrogens is 372 g/mol. The minimum Gasteiger partial charge on any atom is -0.379 e. The molecule has 0 aliphatic carbocycles. The summed E-state index contributed by atoms with van der Waals surface area (Å²) in [6, 6.07) is 7.59. The molecule has 1 fully saturated rings. The van der Waals surface area contributed by atoms with Gasteiger partial charge < -0.3 is 10.4 Å². The Morgan fingerprint density at radius 3 is 1.37 bits per heavy atom. The third-order valence-electron chi connectivity index (χ3n) is 4.87. The van der Waals surface area contributed by atoms with Gasteiger partial charge in [-0.25, -0.2) is 0 Å². The molecule has 27 heavy (non-hydrogen) atoms. The molecule has 1 heterocycles. The highest BCUT2D eigenvalue weighted by Gasteiger charge is 2.42. The van der Waals surface area contributed by atoms with Crippen LogP contribution in [0.2, 0.25) is 0 Å². The van der Waals surface area contributed by atoms with Crippen LogP contribution < -0.4 is 5.32 Å². The lowest BCUT2D eigenvalue weighted by Crippen LogP contribution is -2.46. The summed E-state index contributed by atoms with van der Waals surface area (Å²) in [6.45, 7) is 0.605. The predicted octanol–water partition coefficient (Wildman–Crippen LogP) is 4.71. The summed E-state index contributed by atoms with van der Waals surface area (Å²) < 4.78 is 76.9. The van der Waals surface area contributed by atoms with Crippen LogP contribution >= 0.6 is 0 Å². The van der Waals surface area contributed by atoms with Gasteiger partial charge in [0.15, 0.2) is 0 Å². The third kappa shape index (κ3) is 3.82. The highest BCUT2D eigenvalue weighted by Crippen LogP contribution is 2.39. The van der Waals surface area contributed by atoms with Gasteiger partial charge in [0.1, 0.15) is 5.60 Å². The van der Waals surface area contributed by atoms with E-state index in [1.54, 1.807) is 0 Å². The van der Waals surface area contributed by atoms with Crippen molar-refractivity contribution in [2.24, 2.45) is 0 Å². The Balaban J connectivity index is 2.05. The van der Waals surface area contributed by atoms with E-state index < -0.39 is 35.1 Å². The van der Waals surface area contributed by atoms with Crippen LogP contribution in [-0.2, 0) is 18.0 Å². The van der Waals surface area contributed by atoms with Crippen LogP contribution in [-0.4, -0.2) is 17.7 Å². The van der Waals surface area contributed by atoms with Gasteiger partial charge >= 0.3 is 12.4 Å². The molecule has 3 rings (SSSR count). The van der Waals surface area contributed by atoms with Crippen molar-refractivity contribution >= 4 is 0 Å². The van der Waals surface area contributed by atoms with Crippen LogP contribution in [0, 0.1) is 0 Å². The minimum absolute atomic E-state index is 0.189. The van der Waals surface area contributed by atoms with Crippen LogP contribution in [0.15, 0.2) is 48.5 Å². The number of rotatable bonds is 3. The summed E-state index contributed by atoms with van der Waals surface area (Å²) in [4.78, 5) is 0. The van der Waals surface area contributed by atoms with Gasteiger partial charge in [-0.2, -0.15) is 26.3 Å². The molecule has 2 aromatic rings. The molecule has 0 amide bonds. The van der Waals surface area contributed by atoms with E-state index in [2.05, 4.69) is 5.32 Å². The SMILES string of the molecule is OC(c1ccc(C(F)(F)F)cc1)(c1ccc(C(F)(F)F)cc1)C1CCCN1. The van der Waals surface area contributed by atoms with E-state index in [1.807, 2.05) is 0 Å². The number of aliphatic hydroxyl groups is 1. The molecule has 0 aromatic heterocycles. The first-order valence-electron chi connectivity index (χ1n) is 8.34. The molecule has 2 nitrogen and oxygen atoms in total. The Bertz CT molecular complexity index is 716. The van der Waals surface area contributed by atoms with Crippen molar-refractivity contribution in [3.05, 3.63) is 70.8 Å². The Morgan fingerprint density at radius 2 is 1.07 bits per heavy atom. The van der Waals surface area contributed by atoms with Gasteiger partial charge in [0.25, 0.3) is 0 Å². The second-order valence-corrected chi connectivity index (χ2v) is 6.57. The highest BCUT2D eigenvalue weighted by atomic mass is 19.4. The molecule has 0 bridgehead atoms. The molecule has 146 valence electrons. The Hall–Kier alpha value is -2.06. The van der Waals surface area contributed by atoms with Crippen molar-refractivity contribution in [1.82, 2.24) is 5.32 Å². The highest BCUT2D eigenvalue weighted by molar-refractivity contribution is 5.41. The Labute approximate surface area is 151 Å². The molecule has 2 N–H and O–H groups in total. The van der Waals surface area contributed by atoms with E-state index >= 15 is 0 Å². The quantitative estimate of drug-likeness (QED) is 0.745. The number of hydrogen-bond donors (Lipinski definition) is 2. The smallest absolute Gasteiger partial charge is 0.379 e. The molecular formula is C19H17F6NO. The van der Waals surface area contributed by atoms with E-state index in [9.17, 15) is 31.4 Å². The van der Waals surface area contributed by atoms with E-state index in [-0.39, 0.29) is 11.1 Å². The zero-order valence-electron chi connectivity index (χ0n) is 14.0. The van der Waals surface area contributed by atoms with Crippen molar-refractivity contribution in [3.8, 4) is 0 Å². The van der Waals surface area contributed by atoms with Crippen molar-refractivity contribution in [2.75, 3.05) is 6.54 Å². The summed E-state index contributed by atoms with van der Waals surface area (Å²) in [5, 5.41) is 14.5. The number of nitrogens with one attached hydrogen (secondary N) is 1. The lowest BCUT2D eigenvalue weighted by Gasteiger charge is -2.35. The lowest BCUT2D eigenvalue weighted by atomic mass is 9.79. The largest absolute Gasteiger partial charge is 0.416 e. The Morgan fingerprint density at radius 1 is 0.704 bits per heavy atom. The van der Waals surface area contributed by atoms with E-state index in [0.29, 0.717) is 13.0 Å². The first-order valence-corrected chi connectivity index (χ1v) is 8.34. The van der Waals surface area contributed by atoms with Crippen LogP contribution in [0.25, 0.3) is 0 Å². The molecule has 0 saturated carbocycles. The Kier molecular flexibility index (Phi) is 4.98. The zero-order valence-corrected chi connectivity index (χ0v) is 14.0. The number of hydrogen-bond acceptors (Lipinski definition) is 2. The molecule has 1 aliphatic heterocycles. The fourth-order valence-corrected chi connectivity index (χ4v) is 3.44. The first-order chi connectivity index (χ1) is 12.5. The number of alkyl halides is 6. The standard InChI is InChI=1S/C19H17F6NO/c20-18(21,22)14-7-3-12(4-8-14)17(27,16-2-1-11-26-16)13-5-9-15(10-6-13)19(23,24)25/h3-10,16,26-27H,1-2,11H2. The topological polar surface area (TPSA) is 32.3 Å². The van der Waals surface area contributed by atoms with Gasteiger partial charge in [-0.15, -0.1) is 0 Å². The maximum Gasteiger partial charge on any atom is 0.416 e. The second-order valence-electron chi connectivity index (χ2n) is 6.57. The van der Waals surface area contributed by atoms with E-state index in [0.717, 1.165) is 30.7 Å². The van der Waals surface area contributed by atoms with Crippen LogP contribution in [0.4, 0.5) is 26.3 Å². The molecule has 1 saturated heterocycles. The average Bonchev–Trinajstić information content (AvgIpc) is 3.15. The van der Waals surface area contributed by atoms with Crippen molar-refractivity contribution < 1.29 is 31.4 Å². The van der Waals surface area contributed by atoms with Gasteiger partial charge in [0.2, 0.25) is 0 Å². The van der Waals surface area contributed by atoms with Gasteiger partial charge in [-0.1, -0.05) is 24.3 Å². The van der Waals surface area contributed by atoms with Gasteiger partial charge in [-0.3, -0.25) is 0 Å². The average molecular weight is 389 g/mol. The van der Waals surface area contributed by atoms with Crippen molar-refractivity contribution in [2.45, 2.75) is 36.8 Å². The number of halogens is 6. The lowest BCUT2D eigenvalue weighted by molar-refractivity contribution is -0.138. The molecule has 0 spiro atoms.